The number of ether oxygens (including phenoxy) is 1. The lowest BCUT2D eigenvalue weighted by Gasteiger charge is -2.09. The molecule has 18 heavy (non-hydrogen) atoms. The molecule has 1 N–H and O–H groups in total. The summed E-state index contributed by atoms with van der Waals surface area (Å²) in [4.78, 5) is 0.696. The molecule has 0 heterocycles. The molecule has 0 saturated carbocycles. The van der Waals surface area contributed by atoms with Gasteiger partial charge in [-0.1, -0.05) is 40.3 Å². The smallest absolute Gasteiger partial charge is 0.119 e. The van der Waals surface area contributed by atoms with Crippen LogP contribution in [0.5, 0.6) is 5.75 Å². The SMILES string of the molecule is COc1ccc(NC(=S)c2cccc(Br)c2)cc1. The molecular weight excluding hydrogens is 310 g/mol. The second-order valence-corrected chi connectivity index (χ2v) is 5.02. The van der Waals surface area contributed by atoms with Crippen LogP contribution in [0, 0.1) is 0 Å². The van der Waals surface area contributed by atoms with Gasteiger partial charge in [-0.2, -0.15) is 0 Å². The molecule has 0 aliphatic heterocycles. The molecule has 0 aromatic heterocycles. The minimum Gasteiger partial charge on any atom is -0.497 e. The van der Waals surface area contributed by atoms with Crippen molar-refractivity contribution >= 4 is 38.8 Å². The fourth-order valence-electron chi connectivity index (χ4n) is 1.51. The van der Waals surface area contributed by atoms with E-state index in [9.17, 15) is 0 Å². The molecule has 2 aromatic rings. The Balaban J connectivity index is 2.11. The third kappa shape index (κ3) is 3.31. The zero-order chi connectivity index (χ0) is 13.0. The van der Waals surface area contributed by atoms with Crippen LogP contribution in [0.15, 0.2) is 53.0 Å². The van der Waals surface area contributed by atoms with Gasteiger partial charge in [-0.25, -0.2) is 0 Å². The van der Waals surface area contributed by atoms with E-state index in [4.69, 9.17) is 17.0 Å². The predicted octanol–water partition coefficient (Wildman–Crippen LogP) is 4.25. The van der Waals surface area contributed by atoms with Gasteiger partial charge < -0.3 is 10.1 Å². The van der Waals surface area contributed by atoms with Crippen LogP contribution in [0.25, 0.3) is 0 Å². The first kappa shape index (κ1) is 13.1. The quantitative estimate of drug-likeness (QED) is 0.854. The molecule has 0 radical (unpaired) electrons. The van der Waals surface area contributed by atoms with Crippen molar-refractivity contribution in [2.24, 2.45) is 0 Å². The Hall–Kier alpha value is -1.39. The molecule has 2 aromatic carbocycles. The number of nitrogens with one attached hydrogen (secondary N) is 1. The molecule has 2 rings (SSSR count). The summed E-state index contributed by atoms with van der Waals surface area (Å²) in [6.45, 7) is 0. The first-order valence-electron chi connectivity index (χ1n) is 5.40. The zero-order valence-corrected chi connectivity index (χ0v) is 12.2. The zero-order valence-electron chi connectivity index (χ0n) is 9.81. The Morgan fingerprint density at radius 2 is 1.89 bits per heavy atom. The number of halogens is 1. The topological polar surface area (TPSA) is 21.3 Å². The van der Waals surface area contributed by atoms with Crippen molar-refractivity contribution < 1.29 is 4.74 Å². The summed E-state index contributed by atoms with van der Waals surface area (Å²) in [5.74, 6) is 0.828. The van der Waals surface area contributed by atoms with E-state index in [0.29, 0.717) is 4.99 Å². The maximum absolute atomic E-state index is 5.36. The molecule has 4 heteroatoms. The second kappa shape index (κ2) is 5.98. The summed E-state index contributed by atoms with van der Waals surface area (Å²) in [5, 5.41) is 3.19. The first-order valence-corrected chi connectivity index (χ1v) is 6.60. The lowest BCUT2D eigenvalue weighted by Crippen LogP contribution is -2.10. The normalized spacial score (nSPS) is 9.89. The van der Waals surface area contributed by atoms with Crippen molar-refractivity contribution in [2.75, 3.05) is 12.4 Å². The molecule has 0 saturated heterocycles. The van der Waals surface area contributed by atoms with Gasteiger partial charge in [0.15, 0.2) is 0 Å². The number of hydrogen-bond donors (Lipinski definition) is 1. The van der Waals surface area contributed by atoms with E-state index >= 15 is 0 Å². The maximum Gasteiger partial charge on any atom is 0.119 e. The van der Waals surface area contributed by atoms with Crippen LogP contribution in [0.3, 0.4) is 0 Å². The highest BCUT2D eigenvalue weighted by Crippen LogP contribution is 2.17. The van der Waals surface area contributed by atoms with Crippen molar-refractivity contribution in [3.05, 3.63) is 58.6 Å². The summed E-state index contributed by atoms with van der Waals surface area (Å²) in [7, 11) is 1.65. The number of anilines is 1. The minimum absolute atomic E-state index is 0.696. The summed E-state index contributed by atoms with van der Waals surface area (Å²) in [6.07, 6.45) is 0. The van der Waals surface area contributed by atoms with Gasteiger partial charge in [0.2, 0.25) is 0 Å². The lowest BCUT2D eigenvalue weighted by atomic mass is 10.2. The van der Waals surface area contributed by atoms with Gasteiger partial charge in [0.25, 0.3) is 0 Å². The molecule has 0 atom stereocenters. The highest BCUT2D eigenvalue weighted by atomic mass is 79.9. The molecule has 0 unspecified atom stereocenters. The maximum atomic E-state index is 5.36. The van der Waals surface area contributed by atoms with E-state index in [2.05, 4.69) is 21.2 Å². The van der Waals surface area contributed by atoms with Gasteiger partial charge in [0.1, 0.15) is 10.7 Å². The van der Waals surface area contributed by atoms with E-state index in [1.54, 1.807) is 7.11 Å². The molecule has 0 spiro atoms. The van der Waals surface area contributed by atoms with Crippen LogP contribution in [0.1, 0.15) is 5.56 Å². The van der Waals surface area contributed by atoms with Crippen molar-refractivity contribution in [3.63, 3.8) is 0 Å². The van der Waals surface area contributed by atoms with Crippen LogP contribution in [0.2, 0.25) is 0 Å². The Bertz CT molecular complexity index is 554. The standard InChI is InChI=1S/C14H12BrNOS/c1-17-13-7-5-12(6-8-13)16-14(18)10-3-2-4-11(15)9-10/h2-9H,1H3,(H,16,18). The van der Waals surface area contributed by atoms with Gasteiger partial charge in [-0.05, 0) is 36.4 Å². The van der Waals surface area contributed by atoms with Gasteiger partial charge in [0, 0.05) is 15.7 Å². The molecule has 0 amide bonds. The number of hydrogen-bond acceptors (Lipinski definition) is 2. The number of benzene rings is 2. The average molecular weight is 322 g/mol. The number of rotatable bonds is 3. The molecule has 92 valence electrons. The summed E-state index contributed by atoms with van der Waals surface area (Å²) in [6, 6.07) is 15.5. The Kier molecular flexibility index (Phi) is 4.33. The molecule has 0 bridgehead atoms. The summed E-state index contributed by atoms with van der Waals surface area (Å²) >= 11 is 8.79. The van der Waals surface area contributed by atoms with Crippen LogP contribution in [-0.2, 0) is 0 Å². The molecule has 0 aliphatic carbocycles. The monoisotopic (exact) mass is 321 g/mol. The van der Waals surface area contributed by atoms with E-state index in [1.165, 1.54) is 0 Å². The lowest BCUT2D eigenvalue weighted by molar-refractivity contribution is 0.415. The van der Waals surface area contributed by atoms with Crippen LogP contribution in [0.4, 0.5) is 5.69 Å². The molecule has 0 fully saturated rings. The highest BCUT2D eigenvalue weighted by Gasteiger charge is 2.02. The number of thiocarbonyl (C=S) groups is 1. The largest absolute Gasteiger partial charge is 0.497 e. The average Bonchev–Trinajstić information content (AvgIpc) is 2.39. The van der Waals surface area contributed by atoms with Crippen LogP contribution < -0.4 is 10.1 Å². The Labute approximate surface area is 120 Å². The second-order valence-electron chi connectivity index (χ2n) is 3.69. The van der Waals surface area contributed by atoms with Gasteiger partial charge >= 0.3 is 0 Å². The van der Waals surface area contributed by atoms with Gasteiger partial charge in [0.05, 0.1) is 7.11 Å². The van der Waals surface area contributed by atoms with Gasteiger partial charge in [-0.15, -0.1) is 0 Å². The third-order valence-corrected chi connectivity index (χ3v) is 3.27. The molecular formula is C14H12BrNOS. The summed E-state index contributed by atoms with van der Waals surface area (Å²) < 4.78 is 6.12. The fourth-order valence-corrected chi connectivity index (χ4v) is 2.15. The van der Waals surface area contributed by atoms with E-state index in [1.807, 2.05) is 48.5 Å². The Morgan fingerprint density at radius 3 is 2.50 bits per heavy atom. The van der Waals surface area contributed by atoms with Crippen molar-refractivity contribution in [3.8, 4) is 5.75 Å². The molecule has 2 nitrogen and oxygen atoms in total. The van der Waals surface area contributed by atoms with E-state index in [0.717, 1.165) is 21.5 Å². The van der Waals surface area contributed by atoms with E-state index in [-0.39, 0.29) is 0 Å². The predicted molar refractivity (Wildman–Crippen MR) is 82.5 cm³/mol. The van der Waals surface area contributed by atoms with Crippen molar-refractivity contribution in [1.29, 1.82) is 0 Å². The summed E-state index contributed by atoms with van der Waals surface area (Å²) in [5.41, 5.74) is 1.93. The first-order chi connectivity index (χ1) is 8.69. The fraction of sp³-hybridized carbons (Fsp3) is 0.0714. The van der Waals surface area contributed by atoms with Crippen LogP contribution in [-0.4, -0.2) is 12.1 Å². The highest BCUT2D eigenvalue weighted by molar-refractivity contribution is 9.10. The number of methoxy groups -OCH3 is 1. The van der Waals surface area contributed by atoms with E-state index < -0.39 is 0 Å². The van der Waals surface area contributed by atoms with Gasteiger partial charge in [-0.3, -0.25) is 0 Å². The molecule has 0 aliphatic rings. The minimum atomic E-state index is 0.696. The third-order valence-electron chi connectivity index (χ3n) is 2.43. The van der Waals surface area contributed by atoms with Crippen molar-refractivity contribution in [2.45, 2.75) is 0 Å². The van der Waals surface area contributed by atoms with Crippen molar-refractivity contribution in [1.82, 2.24) is 0 Å². The van der Waals surface area contributed by atoms with Crippen LogP contribution >= 0.6 is 28.1 Å². The Morgan fingerprint density at radius 1 is 1.17 bits per heavy atom.